The van der Waals surface area contributed by atoms with Gasteiger partial charge in [-0.1, -0.05) is 70.0 Å². The molecule has 3 N–H and O–H groups in total. The van der Waals surface area contributed by atoms with Crippen molar-refractivity contribution in [2.75, 3.05) is 12.3 Å². The van der Waals surface area contributed by atoms with Crippen LogP contribution >= 0.6 is 11.8 Å². The van der Waals surface area contributed by atoms with E-state index in [1.807, 2.05) is 0 Å². The van der Waals surface area contributed by atoms with Crippen molar-refractivity contribution in [3.63, 3.8) is 0 Å². The highest BCUT2D eigenvalue weighted by Crippen LogP contribution is 2.33. The van der Waals surface area contributed by atoms with Crippen LogP contribution in [0.2, 0.25) is 0 Å². The van der Waals surface area contributed by atoms with Crippen molar-refractivity contribution in [2.45, 2.75) is 70.3 Å². The zero-order valence-corrected chi connectivity index (χ0v) is 17.5. The zero-order chi connectivity index (χ0) is 19.1. The molecule has 0 aromatic carbocycles. The number of nitrogens with one attached hydrogen (secondary N) is 3. The van der Waals surface area contributed by atoms with Crippen LogP contribution in [0.25, 0.3) is 0 Å². The Hall–Kier alpha value is -1.36. The predicted molar refractivity (Wildman–Crippen MR) is 119 cm³/mol. The van der Waals surface area contributed by atoms with Gasteiger partial charge >= 0.3 is 0 Å². The molecule has 150 valence electrons. The van der Waals surface area contributed by atoms with E-state index < -0.39 is 0 Å². The molecule has 0 bridgehead atoms. The van der Waals surface area contributed by atoms with Crippen molar-refractivity contribution in [2.24, 2.45) is 16.8 Å². The van der Waals surface area contributed by atoms with Gasteiger partial charge < -0.3 is 5.32 Å². The highest BCUT2D eigenvalue weighted by atomic mass is 32.2. The summed E-state index contributed by atoms with van der Waals surface area (Å²) in [5, 5.41) is 4.75. The highest BCUT2D eigenvalue weighted by molar-refractivity contribution is 8.14. The fraction of sp³-hybridized carbons (Fsp3) is 0.682. The molecule has 1 heterocycles. The Morgan fingerprint density at radius 3 is 2.26 bits per heavy atom. The van der Waals surface area contributed by atoms with Gasteiger partial charge in [-0.15, -0.1) is 0 Å². The van der Waals surface area contributed by atoms with E-state index in [0.717, 1.165) is 28.7 Å². The van der Waals surface area contributed by atoms with Crippen molar-refractivity contribution in [1.29, 1.82) is 0 Å². The summed E-state index contributed by atoms with van der Waals surface area (Å²) in [5.41, 5.74) is 9.53. The molecule has 2 aliphatic carbocycles. The minimum absolute atomic E-state index is 0.222. The molecular weight excluding hydrogens is 352 g/mol. The van der Waals surface area contributed by atoms with E-state index in [0.29, 0.717) is 11.8 Å². The van der Waals surface area contributed by atoms with E-state index >= 15 is 0 Å². The number of rotatable bonds is 8. The lowest BCUT2D eigenvalue weighted by molar-refractivity contribution is 0.290. The number of hydrogen-bond donors (Lipinski definition) is 3. The molecule has 0 amide bonds. The molecule has 4 nitrogen and oxygen atoms in total. The second-order valence-corrected chi connectivity index (χ2v) is 9.25. The molecular formula is C22H36N4S. The Kier molecular flexibility index (Phi) is 7.74. The monoisotopic (exact) mass is 388 g/mol. The number of hydrazine groups is 1. The van der Waals surface area contributed by atoms with Crippen LogP contribution < -0.4 is 16.2 Å². The lowest BCUT2D eigenvalue weighted by Gasteiger charge is -2.36. The van der Waals surface area contributed by atoms with Crippen LogP contribution in [-0.4, -0.2) is 23.5 Å². The Balaban J connectivity index is 1.61. The molecule has 1 atom stereocenters. The van der Waals surface area contributed by atoms with Crippen molar-refractivity contribution in [3.8, 4) is 0 Å². The van der Waals surface area contributed by atoms with Gasteiger partial charge in [-0.25, -0.2) is 0 Å². The van der Waals surface area contributed by atoms with Crippen LogP contribution in [0.1, 0.15) is 64.2 Å². The summed E-state index contributed by atoms with van der Waals surface area (Å²) < 4.78 is 0. The topological polar surface area (TPSA) is 48.5 Å². The molecule has 0 saturated heterocycles. The fourth-order valence-electron chi connectivity index (χ4n) is 4.53. The molecule has 3 aliphatic rings. The Morgan fingerprint density at radius 1 is 0.963 bits per heavy atom. The summed E-state index contributed by atoms with van der Waals surface area (Å²) in [6.07, 6.45) is 13.1. The summed E-state index contributed by atoms with van der Waals surface area (Å²) in [4.78, 5) is 4.42. The number of amidine groups is 1. The van der Waals surface area contributed by atoms with E-state index in [9.17, 15) is 0 Å². The third kappa shape index (κ3) is 5.81. The smallest absolute Gasteiger partial charge is 0.175 e. The van der Waals surface area contributed by atoms with Gasteiger partial charge in [0.25, 0.3) is 0 Å². The first kappa shape index (κ1) is 20.4. The van der Waals surface area contributed by atoms with Crippen LogP contribution in [0.4, 0.5) is 0 Å². The van der Waals surface area contributed by atoms with Gasteiger partial charge in [-0.05, 0) is 43.1 Å². The Morgan fingerprint density at radius 2 is 1.63 bits per heavy atom. The zero-order valence-electron chi connectivity index (χ0n) is 16.7. The van der Waals surface area contributed by atoms with Crippen LogP contribution in [0, 0.1) is 11.8 Å². The van der Waals surface area contributed by atoms with Gasteiger partial charge in [0.1, 0.15) is 0 Å². The van der Waals surface area contributed by atoms with Gasteiger partial charge in [-0.2, -0.15) is 0 Å². The molecule has 27 heavy (non-hydrogen) atoms. The molecule has 3 rings (SSSR count). The molecule has 1 unspecified atom stereocenters. The maximum atomic E-state index is 4.42. The average Bonchev–Trinajstić information content (AvgIpc) is 3.24. The highest BCUT2D eigenvalue weighted by Gasteiger charge is 2.29. The first-order chi connectivity index (χ1) is 13.1. The van der Waals surface area contributed by atoms with E-state index in [-0.39, 0.29) is 6.04 Å². The van der Waals surface area contributed by atoms with E-state index in [4.69, 9.17) is 0 Å². The lowest BCUT2D eigenvalue weighted by Crippen LogP contribution is -2.43. The summed E-state index contributed by atoms with van der Waals surface area (Å²) >= 11 is 1.74. The van der Waals surface area contributed by atoms with E-state index in [2.05, 4.69) is 40.9 Å². The molecule has 0 aromatic rings. The van der Waals surface area contributed by atoms with Gasteiger partial charge in [-0.3, -0.25) is 15.8 Å². The summed E-state index contributed by atoms with van der Waals surface area (Å²) in [6, 6.07) is 0.222. The van der Waals surface area contributed by atoms with Crippen molar-refractivity contribution < 1.29 is 0 Å². The van der Waals surface area contributed by atoms with Gasteiger partial charge in [0.15, 0.2) is 5.17 Å². The number of aliphatic imine (C=N–C) groups is 1. The van der Waals surface area contributed by atoms with Crippen molar-refractivity contribution in [1.82, 2.24) is 16.2 Å². The molecule has 1 aliphatic heterocycles. The van der Waals surface area contributed by atoms with Gasteiger partial charge in [0.2, 0.25) is 0 Å². The number of nitrogens with zero attached hydrogens (tertiary/aromatic N) is 1. The molecule has 5 heteroatoms. The molecule has 0 radical (unpaired) electrons. The molecule has 2 fully saturated rings. The number of thioether (sulfide) groups is 1. The molecule has 0 spiro atoms. The maximum Gasteiger partial charge on any atom is 0.175 e. The first-order valence-corrected chi connectivity index (χ1v) is 11.7. The average molecular weight is 389 g/mol. The standard InChI is InChI=1S/C22H36N4S/c1-16(17(2)25-26-22-23-14-15-27-22)21(20-12-8-5-9-13-20)24-18(3)19-10-6-4-7-11-19/h19-21,24-25H,1-15H2,(H,23,26). The molecule has 2 saturated carbocycles. The quantitative estimate of drug-likeness (QED) is 0.409. The minimum atomic E-state index is 0.222. The van der Waals surface area contributed by atoms with Crippen LogP contribution in [0.3, 0.4) is 0 Å². The fourth-order valence-corrected chi connectivity index (χ4v) is 5.21. The Labute approximate surface area is 169 Å². The van der Waals surface area contributed by atoms with E-state index in [1.165, 1.54) is 69.9 Å². The predicted octanol–water partition coefficient (Wildman–Crippen LogP) is 4.89. The SMILES string of the molecule is C=C(NNC1=NCCS1)C(=C)C(NC(=C)C1CCCCC1)C1CCCCC1. The maximum absolute atomic E-state index is 4.42. The summed E-state index contributed by atoms with van der Waals surface area (Å²) in [7, 11) is 0. The third-order valence-corrected chi connectivity index (χ3v) is 7.12. The number of allylic oxidation sites excluding steroid dienone is 1. The van der Waals surface area contributed by atoms with E-state index in [1.54, 1.807) is 11.8 Å². The second kappa shape index (κ2) is 10.3. The van der Waals surface area contributed by atoms with Crippen LogP contribution in [0.5, 0.6) is 0 Å². The minimum Gasteiger partial charge on any atom is -0.381 e. The van der Waals surface area contributed by atoms with Crippen LogP contribution in [0.15, 0.2) is 41.7 Å². The van der Waals surface area contributed by atoms with Crippen LogP contribution in [-0.2, 0) is 0 Å². The lowest BCUT2D eigenvalue weighted by atomic mass is 9.79. The molecule has 0 aromatic heterocycles. The second-order valence-electron chi connectivity index (χ2n) is 8.17. The first-order valence-electron chi connectivity index (χ1n) is 10.7. The van der Waals surface area contributed by atoms with Crippen molar-refractivity contribution >= 4 is 16.9 Å². The van der Waals surface area contributed by atoms with Crippen molar-refractivity contribution in [3.05, 3.63) is 36.7 Å². The third-order valence-electron chi connectivity index (χ3n) is 6.23. The van der Waals surface area contributed by atoms with Gasteiger partial charge in [0, 0.05) is 11.4 Å². The van der Waals surface area contributed by atoms with Gasteiger partial charge in [0.05, 0.1) is 18.3 Å². The largest absolute Gasteiger partial charge is 0.381 e. The normalized spacial score (nSPS) is 22.6. The Bertz CT molecular complexity index is 571. The number of hydrogen-bond acceptors (Lipinski definition) is 5. The summed E-state index contributed by atoms with van der Waals surface area (Å²) in [6.45, 7) is 14.0. The summed E-state index contributed by atoms with van der Waals surface area (Å²) in [5.74, 6) is 2.27.